The molecule has 2 aromatic heterocycles. The maximum absolute atomic E-state index is 14.0. The van der Waals surface area contributed by atoms with Crippen LogP contribution in [0.2, 0.25) is 0 Å². The summed E-state index contributed by atoms with van der Waals surface area (Å²) >= 11 is 0. The Morgan fingerprint density at radius 2 is 1.31 bits per heavy atom. The number of aromatic amines is 1. The van der Waals surface area contributed by atoms with E-state index in [-0.39, 0.29) is 153 Å². The molecule has 25 nitrogen and oxygen atoms in total. The number of benzene rings is 2. The topological polar surface area (TPSA) is 338 Å². The second-order valence-corrected chi connectivity index (χ2v) is 20.5. The first-order chi connectivity index (χ1) is 36.0. The number of fused-ring (bicyclic) bond motifs is 1. The predicted octanol–water partition coefficient (Wildman–Crippen LogP) is -0.198. The van der Waals surface area contributed by atoms with Crippen LogP contribution in [-0.2, 0) is 84.6 Å². The minimum atomic E-state index is -4.22. The molecular weight excluding hydrogens is 1100 g/mol. The van der Waals surface area contributed by atoms with E-state index in [1.807, 2.05) is 6.92 Å². The summed E-state index contributed by atoms with van der Waals surface area (Å²) in [6, 6.07) is 6.21. The van der Waals surface area contributed by atoms with Crippen LogP contribution >= 0.6 is 0 Å². The number of Topliss-reactive ketones (excluding diaryl/α,β-unsaturated/α-hetero) is 1. The van der Waals surface area contributed by atoms with Crippen LogP contribution in [0.3, 0.4) is 0 Å². The second kappa shape index (κ2) is 30.2. The van der Waals surface area contributed by atoms with Gasteiger partial charge in [0.15, 0.2) is 5.95 Å². The summed E-state index contributed by atoms with van der Waals surface area (Å²) < 4.78 is 31.2. The van der Waals surface area contributed by atoms with Gasteiger partial charge in [-0.15, -0.1) is 0 Å². The molecule has 27 heteroatoms. The molecule has 1 radical (unpaired) electrons. The number of carbonyl (C=O) groups is 7. The quantitative estimate of drug-likeness (QED) is 0.0388. The molecule has 1 fully saturated rings. The number of aromatic nitrogens is 3. The molecule has 3 heterocycles. The molecule has 9 N–H and O–H groups in total. The number of anilines is 1. The molecule has 1 aliphatic rings. The number of carboxylic acid groups (broad SMARTS) is 3. The monoisotopic (exact) mass is 1170 g/mol. The Bertz CT molecular complexity index is 2850. The fourth-order valence-corrected chi connectivity index (χ4v) is 10.7. The summed E-state index contributed by atoms with van der Waals surface area (Å²) in [7, 11) is -4.22. The van der Waals surface area contributed by atoms with Gasteiger partial charge in [0.05, 0.1) is 42.6 Å². The number of H-pyrrole nitrogens is 1. The van der Waals surface area contributed by atoms with Gasteiger partial charge in [-0.05, 0) is 69.4 Å². The van der Waals surface area contributed by atoms with Gasteiger partial charge >= 0.3 is 17.9 Å². The zero-order chi connectivity index (χ0) is 55.7. The van der Waals surface area contributed by atoms with Crippen molar-refractivity contribution in [1.29, 1.82) is 0 Å². The minimum absolute atomic E-state index is 0. The first-order valence-electron chi connectivity index (χ1n) is 24.9. The van der Waals surface area contributed by atoms with Gasteiger partial charge in [-0.3, -0.25) is 58.0 Å². The van der Waals surface area contributed by atoms with E-state index in [0.717, 1.165) is 11.1 Å². The fraction of sp³-hybridized carbons (Fsp3) is 0.500. The van der Waals surface area contributed by atoms with Gasteiger partial charge in [0.2, 0.25) is 27.3 Å². The molecular formula is C50H70N12O13SY. The van der Waals surface area contributed by atoms with Gasteiger partial charge in [-0.25, -0.2) is 13.4 Å². The Labute approximate surface area is 471 Å². The van der Waals surface area contributed by atoms with Crippen molar-refractivity contribution in [2.75, 3.05) is 96.9 Å². The molecule has 2 atom stereocenters. The van der Waals surface area contributed by atoms with Crippen LogP contribution < -0.4 is 31.4 Å². The molecule has 0 aliphatic carbocycles. The summed E-state index contributed by atoms with van der Waals surface area (Å²) in [5, 5.41) is 40.2. The summed E-state index contributed by atoms with van der Waals surface area (Å²) in [6.45, 7) is 8.74. The third-order valence-corrected chi connectivity index (χ3v) is 14.6. The van der Waals surface area contributed by atoms with E-state index in [4.69, 9.17) is 0 Å². The number of hydrogen-bond donors (Lipinski definition) is 9. The molecule has 2 aromatic carbocycles. The average molecular weight is 1170 g/mol. The number of rotatable bonds is 25. The number of sulfonamides is 1. The third kappa shape index (κ3) is 19.8. The van der Waals surface area contributed by atoms with Crippen LogP contribution in [0.15, 0.2) is 58.6 Å². The van der Waals surface area contributed by atoms with Gasteiger partial charge in [0.1, 0.15) is 17.4 Å². The molecule has 3 amide bonds. The van der Waals surface area contributed by atoms with Gasteiger partial charge in [0, 0.05) is 135 Å². The number of aryl methyl sites for hydroxylation is 4. The Morgan fingerprint density at radius 3 is 1.81 bits per heavy atom. The maximum Gasteiger partial charge on any atom is 0.317 e. The van der Waals surface area contributed by atoms with E-state index in [0.29, 0.717) is 29.1 Å². The normalized spacial score (nSPS) is 15.2. The molecule has 4 aromatic rings. The van der Waals surface area contributed by atoms with E-state index in [9.17, 15) is 62.1 Å². The summed E-state index contributed by atoms with van der Waals surface area (Å²) in [5.41, 5.74) is 2.19. The van der Waals surface area contributed by atoms with Crippen molar-refractivity contribution in [3.63, 3.8) is 0 Å². The third-order valence-electron chi connectivity index (χ3n) is 12.8. The summed E-state index contributed by atoms with van der Waals surface area (Å²) in [5.74, 6) is -5.11. The number of hydrogen-bond acceptors (Lipinski definition) is 16. The zero-order valence-corrected chi connectivity index (χ0v) is 47.7. The smallest absolute Gasteiger partial charge is 0.317 e. The number of carbonyl (C=O) groups excluding carboxylic acids is 4. The molecule has 1 unspecified atom stereocenters. The van der Waals surface area contributed by atoms with Gasteiger partial charge in [-0.1, -0.05) is 30.7 Å². The summed E-state index contributed by atoms with van der Waals surface area (Å²) in [6.07, 6.45) is 5.13. The molecule has 0 bridgehead atoms. The van der Waals surface area contributed by atoms with E-state index < -0.39 is 75.5 Å². The van der Waals surface area contributed by atoms with Crippen LogP contribution in [0, 0.1) is 20.8 Å². The van der Waals surface area contributed by atoms with E-state index in [1.165, 1.54) is 13.1 Å². The Morgan fingerprint density at radius 1 is 0.766 bits per heavy atom. The molecule has 5 rings (SSSR count). The van der Waals surface area contributed by atoms with Gasteiger partial charge in [-0.2, -0.15) is 4.72 Å². The maximum atomic E-state index is 14.0. The van der Waals surface area contributed by atoms with Crippen molar-refractivity contribution in [1.82, 2.24) is 54.8 Å². The van der Waals surface area contributed by atoms with Crippen molar-refractivity contribution in [2.45, 2.75) is 77.5 Å². The van der Waals surface area contributed by atoms with E-state index in [1.54, 1.807) is 87.7 Å². The summed E-state index contributed by atoms with van der Waals surface area (Å²) in [4.78, 5) is 117. The van der Waals surface area contributed by atoms with E-state index in [2.05, 4.69) is 36.0 Å². The number of nitrogens with one attached hydrogen (secondary N) is 6. The number of ketones is 1. The second-order valence-electron chi connectivity index (χ2n) is 18.9. The zero-order valence-electron chi connectivity index (χ0n) is 44.1. The van der Waals surface area contributed by atoms with Gasteiger partial charge < -0.3 is 46.1 Å². The molecule has 417 valence electrons. The number of nitrogens with zero attached hydrogens (tertiary/aromatic N) is 6. The SMILES string of the molecule is CC[C@H](NC(=O)CN1CCN(CC(=O)O)CCN(CC(=O)O)CCN(CC(=O)O)CC1)C(=O)NCCCn1cc(C(=O)NCC(NS(=O)(=O)c2c(C)cc(C)cc2C)C(C)=O)c(=O)c2ccc(CNc3ncc[nH]3)cc21.[Y]. The van der Waals surface area contributed by atoms with Gasteiger partial charge in [0.25, 0.3) is 5.91 Å². The number of imidazole rings is 1. The van der Waals surface area contributed by atoms with Crippen LogP contribution in [0.4, 0.5) is 5.95 Å². The predicted molar refractivity (Wildman–Crippen MR) is 280 cm³/mol. The molecule has 0 spiro atoms. The van der Waals surface area contributed by atoms with Crippen molar-refractivity contribution in [3.05, 3.63) is 87.0 Å². The minimum Gasteiger partial charge on any atom is -0.480 e. The first-order valence-corrected chi connectivity index (χ1v) is 26.4. The van der Waals surface area contributed by atoms with Crippen molar-refractivity contribution in [3.8, 4) is 0 Å². The molecule has 0 saturated carbocycles. The van der Waals surface area contributed by atoms with Crippen LogP contribution in [0.25, 0.3) is 10.9 Å². The Kier molecular flexibility index (Phi) is 24.9. The Hall–Kier alpha value is -6.00. The first kappa shape index (κ1) is 63.5. The number of pyridine rings is 1. The van der Waals surface area contributed by atoms with E-state index >= 15 is 0 Å². The number of aliphatic carboxylic acids is 3. The van der Waals surface area contributed by atoms with Crippen LogP contribution in [-0.4, -0.2) is 203 Å². The standard InChI is InChI=1S/C50H70N12O13S.Y/c1-6-39(56-42(64)28-58-14-16-59(29-43(65)66)18-20-61(31-45(69)70)21-19-60(17-15-58)30-44(67)68)49(73)51-10-7-13-62-27-38(46(71)37-9-8-36(24-41(37)62)25-55-50-52-11-12-53-50)48(72)54-26-40(35(5)63)57-76(74,75)47-33(3)22-32(2)23-34(47)4;/h8-9,11-12,22-24,27,39-40,57H,6-7,10,13-21,25-26,28-31H2,1-5H3,(H,51,73)(H,54,72)(H,56,64)(H,65,66)(H,67,68)(H,69,70)(H2,52,53,55);/t39-,40?;/m0./s1. The molecule has 77 heavy (non-hydrogen) atoms. The average Bonchev–Trinajstić information content (AvgIpc) is 3.87. The van der Waals surface area contributed by atoms with Crippen LogP contribution in [0.5, 0.6) is 0 Å². The fourth-order valence-electron chi connectivity index (χ4n) is 9.00. The number of amides is 3. The molecule has 1 aliphatic heterocycles. The van der Waals surface area contributed by atoms with Crippen molar-refractivity contribution in [2.24, 2.45) is 0 Å². The Balaban J connectivity index is 0.0000128. The molecule has 1 saturated heterocycles. The number of carboxylic acids is 3. The van der Waals surface area contributed by atoms with Crippen LogP contribution in [0.1, 0.15) is 59.3 Å². The van der Waals surface area contributed by atoms with Crippen molar-refractivity contribution >= 4 is 68.3 Å². The largest absolute Gasteiger partial charge is 0.480 e. The van der Waals surface area contributed by atoms with Crippen molar-refractivity contribution < 1.29 is 90.0 Å².